The Hall–Kier alpha value is -3.59. The molecule has 34 heavy (non-hydrogen) atoms. The second-order valence-electron chi connectivity index (χ2n) is 8.31. The van der Waals surface area contributed by atoms with Crippen LogP contribution in [-0.2, 0) is 10.0 Å². The van der Waals surface area contributed by atoms with Crippen LogP contribution in [0.25, 0.3) is 0 Å². The van der Waals surface area contributed by atoms with E-state index < -0.39 is 16.0 Å². The molecule has 0 radical (unpaired) electrons. The first-order chi connectivity index (χ1) is 16.2. The zero-order valence-corrected chi connectivity index (χ0v) is 19.8. The van der Waals surface area contributed by atoms with Crippen molar-refractivity contribution in [1.29, 1.82) is 0 Å². The van der Waals surface area contributed by atoms with Gasteiger partial charge in [-0.2, -0.15) is 0 Å². The molecule has 0 saturated carbocycles. The van der Waals surface area contributed by atoms with Crippen LogP contribution in [0.5, 0.6) is 0 Å². The van der Waals surface area contributed by atoms with E-state index in [2.05, 4.69) is 4.72 Å². The van der Waals surface area contributed by atoms with Gasteiger partial charge in [0.05, 0.1) is 27.5 Å². The molecule has 0 spiro atoms. The zero-order chi connectivity index (χ0) is 24.5. The Labute approximate surface area is 198 Å². The molecule has 0 amide bonds. The number of nitrogens with one attached hydrogen (secondary N) is 1. The van der Waals surface area contributed by atoms with Crippen LogP contribution in [-0.4, -0.2) is 45.7 Å². The fraction of sp³-hybridized carbons (Fsp3) is 0.240. The molecular formula is C25H26FN3O4S. The molecule has 0 aromatic heterocycles. The highest BCUT2D eigenvalue weighted by atomic mass is 32.2. The second-order valence-corrected chi connectivity index (χ2v) is 10.00. The molecule has 1 aliphatic rings. The quantitative estimate of drug-likeness (QED) is 0.544. The third kappa shape index (κ3) is 4.84. The molecule has 178 valence electrons. The Morgan fingerprint density at radius 3 is 2.15 bits per heavy atom. The number of aromatic carboxylic acids is 1. The Kier molecular flexibility index (Phi) is 6.47. The van der Waals surface area contributed by atoms with E-state index in [9.17, 15) is 22.7 Å². The molecule has 1 saturated heterocycles. The number of para-hydroxylation sites is 1. The molecule has 0 aliphatic carbocycles. The fourth-order valence-electron chi connectivity index (χ4n) is 4.01. The first-order valence-electron chi connectivity index (χ1n) is 10.9. The maximum absolute atomic E-state index is 14.2. The number of rotatable bonds is 6. The molecule has 9 heteroatoms. The summed E-state index contributed by atoms with van der Waals surface area (Å²) >= 11 is 0. The molecule has 1 fully saturated rings. The molecule has 4 rings (SSSR count). The Morgan fingerprint density at radius 1 is 0.882 bits per heavy atom. The van der Waals surface area contributed by atoms with Crippen LogP contribution in [0.2, 0.25) is 0 Å². The molecule has 7 nitrogen and oxygen atoms in total. The lowest BCUT2D eigenvalue weighted by atomic mass is 10.1. The lowest BCUT2D eigenvalue weighted by molar-refractivity contribution is 0.0697. The highest BCUT2D eigenvalue weighted by molar-refractivity contribution is 7.92. The summed E-state index contributed by atoms with van der Waals surface area (Å²) in [6.07, 6.45) is 0. The van der Waals surface area contributed by atoms with Crippen LogP contribution in [0.4, 0.5) is 21.5 Å². The molecule has 3 aromatic rings. The van der Waals surface area contributed by atoms with Crippen molar-refractivity contribution in [3.8, 4) is 0 Å². The van der Waals surface area contributed by atoms with Gasteiger partial charge < -0.3 is 14.9 Å². The van der Waals surface area contributed by atoms with Crippen LogP contribution in [0.3, 0.4) is 0 Å². The van der Waals surface area contributed by atoms with Gasteiger partial charge in [-0.05, 0) is 67.4 Å². The summed E-state index contributed by atoms with van der Waals surface area (Å²) in [4.78, 5) is 15.6. The van der Waals surface area contributed by atoms with Crippen LogP contribution < -0.4 is 14.5 Å². The van der Waals surface area contributed by atoms with Crippen molar-refractivity contribution in [2.45, 2.75) is 18.7 Å². The minimum atomic E-state index is -3.95. The van der Waals surface area contributed by atoms with Gasteiger partial charge in [0.2, 0.25) is 0 Å². The molecule has 0 bridgehead atoms. The van der Waals surface area contributed by atoms with Crippen molar-refractivity contribution in [3.05, 3.63) is 83.2 Å². The van der Waals surface area contributed by atoms with Crippen molar-refractivity contribution >= 4 is 33.1 Å². The van der Waals surface area contributed by atoms with Crippen LogP contribution in [0, 0.1) is 19.7 Å². The summed E-state index contributed by atoms with van der Waals surface area (Å²) in [5, 5.41) is 9.45. The average Bonchev–Trinajstić information content (AvgIpc) is 2.81. The minimum Gasteiger partial charge on any atom is -0.478 e. The number of hydrogen-bond donors (Lipinski definition) is 2. The van der Waals surface area contributed by atoms with E-state index in [1.165, 1.54) is 24.3 Å². The number of benzene rings is 3. The van der Waals surface area contributed by atoms with Crippen LogP contribution in [0.15, 0.2) is 65.6 Å². The largest absolute Gasteiger partial charge is 0.478 e. The van der Waals surface area contributed by atoms with E-state index >= 15 is 0 Å². The smallest absolute Gasteiger partial charge is 0.335 e. The molecule has 1 aliphatic heterocycles. The normalized spacial score (nSPS) is 14.2. The predicted molar refractivity (Wildman–Crippen MR) is 131 cm³/mol. The molecule has 2 N–H and O–H groups in total. The van der Waals surface area contributed by atoms with E-state index in [-0.39, 0.29) is 22.0 Å². The van der Waals surface area contributed by atoms with E-state index in [4.69, 9.17) is 0 Å². The van der Waals surface area contributed by atoms with Crippen molar-refractivity contribution < 1.29 is 22.7 Å². The lowest BCUT2D eigenvalue weighted by Crippen LogP contribution is -2.47. The van der Waals surface area contributed by atoms with Gasteiger partial charge in [0.1, 0.15) is 5.82 Å². The third-order valence-electron chi connectivity index (χ3n) is 6.09. The highest BCUT2D eigenvalue weighted by Crippen LogP contribution is 2.32. The number of carboxylic acids is 1. The molecule has 0 unspecified atom stereocenters. The van der Waals surface area contributed by atoms with Crippen LogP contribution in [0.1, 0.15) is 21.5 Å². The first-order valence-corrected chi connectivity index (χ1v) is 12.4. The maximum Gasteiger partial charge on any atom is 0.335 e. The zero-order valence-electron chi connectivity index (χ0n) is 19.0. The molecule has 0 atom stereocenters. The molecular weight excluding hydrogens is 457 g/mol. The summed E-state index contributed by atoms with van der Waals surface area (Å²) in [6.45, 7) is 5.82. The number of hydrogen-bond acceptors (Lipinski definition) is 5. The Bertz CT molecular complexity index is 1340. The number of halogens is 1. The van der Waals surface area contributed by atoms with Crippen molar-refractivity contribution in [3.63, 3.8) is 0 Å². The van der Waals surface area contributed by atoms with Crippen molar-refractivity contribution in [2.75, 3.05) is 40.7 Å². The number of piperazine rings is 1. The highest BCUT2D eigenvalue weighted by Gasteiger charge is 2.24. The monoisotopic (exact) mass is 483 g/mol. The Balaban J connectivity index is 1.62. The van der Waals surface area contributed by atoms with Gasteiger partial charge in [0.25, 0.3) is 10.0 Å². The lowest BCUT2D eigenvalue weighted by Gasteiger charge is -2.38. The number of carbonyl (C=O) groups is 1. The second kappa shape index (κ2) is 9.34. The molecule has 1 heterocycles. The van der Waals surface area contributed by atoms with Gasteiger partial charge in [-0.3, -0.25) is 4.72 Å². The topological polar surface area (TPSA) is 89.9 Å². The van der Waals surface area contributed by atoms with Crippen LogP contribution >= 0.6 is 0 Å². The van der Waals surface area contributed by atoms with E-state index in [1.54, 1.807) is 36.4 Å². The third-order valence-corrected chi connectivity index (χ3v) is 7.45. The number of anilines is 3. The SMILES string of the molecule is Cc1ccc(S(=O)(=O)Nc2cc(C(=O)O)ccc2N2CCN(c3ccccc3F)CC2)cc1C. The number of carboxylic acid groups (broad SMARTS) is 1. The van der Waals surface area contributed by atoms with Gasteiger partial charge in [-0.15, -0.1) is 0 Å². The average molecular weight is 484 g/mol. The maximum atomic E-state index is 14.2. The molecule has 3 aromatic carbocycles. The first kappa shape index (κ1) is 23.6. The van der Waals surface area contributed by atoms with Gasteiger partial charge in [0.15, 0.2) is 0 Å². The van der Waals surface area contributed by atoms with E-state index in [0.29, 0.717) is 37.6 Å². The minimum absolute atomic E-state index is 0.0217. The number of sulfonamides is 1. The number of nitrogens with zero attached hydrogens (tertiary/aromatic N) is 2. The standard InChI is InChI=1S/C25H26FN3O4S/c1-17-7-9-20(15-18(17)2)34(32,33)27-22-16-19(25(30)31)8-10-24(22)29-13-11-28(12-14-29)23-6-4-3-5-21(23)26/h3-10,15-16,27H,11-14H2,1-2H3,(H,30,31). The van der Waals surface area contributed by atoms with Crippen molar-refractivity contribution in [1.82, 2.24) is 0 Å². The predicted octanol–water partition coefficient (Wildman–Crippen LogP) is 4.27. The summed E-state index contributed by atoms with van der Waals surface area (Å²) in [5.41, 5.74) is 3.08. The number of aryl methyl sites for hydroxylation is 2. The van der Waals surface area contributed by atoms with E-state index in [1.807, 2.05) is 23.6 Å². The summed E-state index contributed by atoms with van der Waals surface area (Å²) in [5.74, 6) is -1.44. The summed E-state index contributed by atoms with van der Waals surface area (Å²) in [6, 6.07) is 15.8. The summed E-state index contributed by atoms with van der Waals surface area (Å²) in [7, 11) is -3.95. The van der Waals surface area contributed by atoms with Gasteiger partial charge in [0, 0.05) is 26.2 Å². The Morgan fingerprint density at radius 2 is 1.53 bits per heavy atom. The summed E-state index contributed by atoms with van der Waals surface area (Å²) < 4.78 is 43.0. The van der Waals surface area contributed by atoms with E-state index in [0.717, 1.165) is 11.1 Å². The van der Waals surface area contributed by atoms with Gasteiger partial charge in [-0.25, -0.2) is 17.6 Å². The fourth-order valence-corrected chi connectivity index (χ4v) is 5.16. The van der Waals surface area contributed by atoms with Gasteiger partial charge >= 0.3 is 5.97 Å². The van der Waals surface area contributed by atoms with Crippen molar-refractivity contribution in [2.24, 2.45) is 0 Å². The van der Waals surface area contributed by atoms with Gasteiger partial charge in [-0.1, -0.05) is 18.2 Å².